The van der Waals surface area contributed by atoms with Crippen LogP contribution in [0.4, 0.5) is 5.13 Å². The summed E-state index contributed by atoms with van der Waals surface area (Å²) in [7, 11) is -3.36. The SMILES string of the molecule is CSC(CO)C(C)NC(=O)Cc1csc(NS(C)(=O)=O)n1. The van der Waals surface area contributed by atoms with Crippen LogP contribution >= 0.6 is 23.1 Å². The van der Waals surface area contributed by atoms with E-state index in [1.807, 2.05) is 13.2 Å². The normalized spacial score (nSPS) is 14.5. The van der Waals surface area contributed by atoms with Gasteiger partial charge in [0.15, 0.2) is 5.13 Å². The largest absolute Gasteiger partial charge is 0.395 e. The number of carbonyl (C=O) groups excluding carboxylic acids is 1. The van der Waals surface area contributed by atoms with Crippen molar-refractivity contribution < 1.29 is 18.3 Å². The molecule has 0 aliphatic rings. The lowest BCUT2D eigenvalue weighted by molar-refractivity contribution is -0.121. The van der Waals surface area contributed by atoms with Crippen molar-refractivity contribution in [1.82, 2.24) is 10.3 Å². The molecule has 0 bridgehead atoms. The van der Waals surface area contributed by atoms with E-state index in [0.29, 0.717) is 5.69 Å². The van der Waals surface area contributed by atoms with E-state index in [1.165, 1.54) is 11.8 Å². The maximum atomic E-state index is 11.9. The number of sulfonamides is 1. The van der Waals surface area contributed by atoms with Gasteiger partial charge < -0.3 is 10.4 Å². The molecule has 0 spiro atoms. The number of thiazole rings is 1. The summed E-state index contributed by atoms with van der Waals surface area (Å²) in [5, 5.41) is 13.8. The lowest BCUT2D eigenvalue weighted by Crippen LogP contribution is -2.41. The van der Waals surface area contributed by atoms with E-state index >= 15 is 0 Å². The van der Waals surface area contributed by atoms with E-state index < -0.39 is 10.0 Å². The van der Waals surface area contributed by atoms with Gasteiger partial charge in [0.2, 0.25) is 15.9 Å². The number of aromatic nitrogens is 1. The number of anilines is 1. The Balaban J connectivity index is 2.55. The first-order valence-electron chi connectivity index (χ1n) is 6.10. The number of rotatable bonds is 8. The summed E-state index contributed by atoms with van der Waals surface area (Å²) in [4.78, 5) is 15.9. The van der Waals surface area contributed by atoms with Gasteiger partial charge in [-0.3, -0.25) is 9.52 Å². The van der Waals surface area contributed by atoms with Gasteiger partial charge in [0.05, 0.1) is 25.0 Å². The molecule has 3 N–H and O–H groups in total. The monoisotopic (exact) mass is 353 g/mol. The van der Waals surface area contributed by atoms with Crippen LogP contribution < -0.4 is 10.0 Å². The molecule has 2 atom stereocenters. The quantitative estimate of drug-likeness (QED) is 0.620. The molecule has 1 rings (SSSR count). The van der Waals surface area contributed by atoms with Crippen LogP contribution in [-0.2, 0) is 21.2 Å². The molecule has 10 heteroatoms. The van der Waals surface area contributed by atoms with Gasteiger partial charge in [0.1, 0.15) is 0 Å². The minimum atomic E-state index is -3.36. The van der Waals surface area contributed by atoms with Gasteiger partial charge in [-0.05, 0) is 13.2 Å². The number of amides is 1. The molecule has 7 nitrogen and oxygen atoms in total. The van der Waals surface area contributed by atoms with Gasteiger partial charge in [-0.15, -0.1) is 11.3 Å². The van der Waals surface area contributed by atoms with E-state index in [-0.39, 0.29) is 35.4 Å². The maximum absolute atomic E-state index is 11.9. The van der Waals surface area contributed by atoms with Crippen LogP contribution in [0.25, 0.3) is 0 Å². The highest BCUT2D eigenvalue weighted by Crippen LogP contribution is 2.17. The predicted molar refractivity (Wildman–Crippen MR) is 86.3 cm³/mol. The van der Waals surface area contributed by atoms with Crippen molar-refractivity contribution >= 4 is 44.2 Å². The standard InChI is InChI=1S/C11H19N3O4S3/c1-7(9(5-15)19-2)12-10(16)4-8-6-20-11(13-8)14-21(3,17)18/h6-7,9,15H,4-5H2,1-3H3,(H,12,16)(H,13,14). The van der Waals surface area contributed by atoms with Crippen LogP contribution in [-0.4, -0.2) is 54.8 Å². The van der Waals surface area contributed by atoms with Crippen LogP contribution in [0, 0.1) is 0 Å². The molecule has 1 aromatic rings. The third kappa shape index (κ3) is 6.64. The summed E-state index contributed by atoms with van der Waals surface area (Å²) in [6, 6.07) is -0.162. The fraction of sp³-hybridized carbons (Fsp3) is 0.636. The second-order valence-electron chi connectivity index (χ2n) is 4.51. The topological polar surface area (TPSA) is 108 Å². The molecule has 0 aliphatic heterocycles. The van der Waals surface area contributed by atoms with Crippen LogP contribution in [0.15, 0.2) is 5.38 Å². The van der Waals surface area contributed by atoms with Crippen molar-refractivity contribution in [3.63, 3.8) is 0 Å². The van der Waals surface area contributed by atoms with Crippen LogP contribution in [0.3, 0.4) is 0 Å². The Morgan fingerprint density at radius 1 is 1.57 bits per heavy atom. The number of nitrogens with one attached hydrogen (secondary N) is 2. The van der Waals surface area contributed by atoms with Gasteiger partial charge >= 0.3 is 0 Å². The number of aliphatic hydroxyl groups is 1. The van der Waals surface area contributed by atoms with Crippen molar-refractivity contribution in [1.29, 1.82) is 0 Å². The highest BCUT2D eigenvalue weighted by Gasteiger charge is 2.18. The molecule has 0 aliphatic carbocycles. The van der Waals surface area contributed by atoms with Crippen LogP contribution in [0.2, 0.25) is 0 Å². The number of nitrogens with zero attached hydrogens (tertiary/aromatic N) is 1. The Morgan fingerprint density at radius 2 is 2.24 bits per heavy atom. The van der Waals surface area contributed by atoms with Crippen molar-refractivity contribution in [2.24, 2.45) is 0 Å². The molecular weight excluding hydrogens is 334 g/mol. The Morgan fingerprint density at radius 3 is 2.76 bits per heavy atom. The van der Waals surface area contributed by atoms with Gasteiger partial charge in [0.25, 0.3) is 0 Å². The summed E-state index contributed by atoms with van der Waals surface area (Å²) >= 11 is 2.61. The van der Waals surface area contributed by atoms with Gasteiger partial charge in [-0.25, -0.2) is 13.4 Å². The zero-order valence-electron chi connectivity index (χ0n) is 12.0. The molecule has 0 radical (unpaired) electrons. The van der Waals surface area contributed by atoms with E-state index in [2.05, 4.69) is 15.0 Å². The Bertz CT molecular complexity index is 569. The molecular formula is C11H19N3O4S3. The lowest BCUT2D eigenvalue weighted by atomic mass is 10.2. The lowest BCUT2D eigenvalue weighted by Gasteiger charge is -2.21. The molecule has 0 fully saturated rings. The minimum Gasteiger partial charge on any atom is -0.395 e. The molecule has 2 unspecified atom stereocenters. The number of carbonyl (C=O) groups is 1. The van der Waals surface area contributed by atoms with Crippen molar-refractivity contribution in [3.05, 3.63) is 11.1 Å². The summed E-state index contributed by atoms with van der Waals surface area (Å²) in [6.07, 6.45) is 2.98. The predicted octanol–water partition coefficient (Wildman–Crippen LogP) is 0.286. The second-order valence-corrected chi connectivity index (χ2v) is 8.19. The maximum Gasteiger partial charge on any atom is 0.231 e. The van der Waals surface area contributed by atoms with Crippen molar-refractivity contribution in [3.8, 4) is 0 Å². The zero-order valence-corrected chi connectivity index (χ0v) is 14.4. The Labute approximate surface area is 132 Å². The summed E-state index contributed by atoms with van der Waals surface area (Å²) in [6.45, 7) is 1.81. The summed E-state index contributed by atoms with van der Waals surface area (Å²) in [5.41, 5.74) is 0.501. The van der Waals surface area contributed by atoms with E-state index in [4.69, 9.17) is 5.11 Å². The first-order valence-corrected chi connectivity index (χ1v) is 10.2. The van der Waals surface area contributed by atoms with Crippen molar-refractivity contribution in [2.45, 2.75) is 24.6 Å². The fourth-order valence-corrected chi connectivity index (χ4v) is 3.78. The fourth-order valence-electron chi connectivity index (χ4n) is 1.59. The minimum absolute atomic E-state index is 0.0122. The molecule has 21 heavy (non-hydrogen) atoms. The van der Waals surface area contributed by atoms with E-state index in [1.54, 1.807) is 5.38 Å². The third-order valence-corrected chi connectivity index (χ3v) is 5.26. The average Bonchev–Trinajstić information content (AvgIpc) is 2.75. The van der Waals surface area contributed by atoms with Crippen molar-refractivity contribution in [2.75, 3.05) is 23.8 Å². The van der Waals surface area contributed by atoms with Gasteiger partial charge in [0, 0.05) is 16.7 Å². The molecule has 120 valence electrons. The highest BCUT2D eigenvalue weighted by molar-refractivity contribution is 7.99. The smallest absolute Gasteiger partial charge is 0.231 e. The van der Waals surface area contributed by atoms with Gasteiger partial charge in [-0.1, -0.05) is 0 Å². The highest BCUT2D eigenvalue weighted by atomic mass is 32.2. The third-order valence-electron chi connectivity index (χ3n) is 2.60. The van der Waals surface area contributed by atoms with Crippen LogP contribution in [0.1, 0.15) is 12.6 Å². The second kappa shape index (κ2) is 7.97. The molecule has 0 aromatic carbocycles. The molecule has 0 saturated heterocycles. The average molecular weight is 353 g/mol. The van der Waals surface area contributed by atoms with Crippen LogP contribution in [0.5, 0.6) is 0 Å². The molecule has 1 heterocycles. The Hall–Kier alpha value is -0.840. The Kier molecular flexibility index (Phi) is 6.91. The molecule has 0 saturated carbocycles. The first kappa shape index (κ1) is 18.2. The zero-order chi connectivity index (χ0) is 16.0. The number of aliphatic hydroxyl groups excluding tert-OH is 1. The summed E-state index contributed by atoms with van der Waals surface area (Å²) in [5.74, 6) is -0.216. The van der Waals surface area contributed by atoms with Gasteiger partial charge in [-0.2, -0.15) is 11.8 Å². The molecule has 1 aromatic heterocycles. The molecule has 1 amide bonds. The number of hydrogen-bond donors (Lipinski definition) is 3. The first-order chi connectivity index (χ1) is 9.75. The van der Waals surface area contributed by atoms with E-state index in [9.17, 15) is 13.2 Å². The van der Waals surface area contributed by atoms with E-state index in [0.717, 1.165) is 17.6 Å². The number of hydrogen-bond acceptors (Lipinski definition) is 7. The summed E-state index contributed by atoms with van der Waals surface area (Å²) < 4.78 is 24.4. The number of thioether (sulfide) groups is 1.